The molecule has 2 heterocycles. The molecule has 6 nitrogen and oxygen atoms in total. The molecule has 0 radical (unpaired) electrons. The van der Waals surface area contributed by atoms with E-state index in [0.29, 0.717) is 30.2 Å². The Bertz CT molecular complexity index is 838. The van der Waals surface area contributed by atoms with Gasteiger partial charge in [0.15, 0.2) is 11.5 Å². The number of rotatable bonds is 5. The lowest BCUT2D eigenvalue weighted by molar-refractivity contribution is 0.572. The van der Waals surface area contributed by atoms with Crippen molar-refractivity contribution in [3.05, 3.63) is 60.1 Å². The predicted octanol–water partition coefficient (Wildman–Crippen LogP) is 2.80. The molecule has 0 amide bonds. The first-order chi connectivity index (χ1) is 11.3. The molecule has 1 aromatic carbocycles. The summed E-state index contributed by atoms with van der Waals surface area (Å²) in [6, 6.07) is 7.92. The van der Waals surface area contributed by atoms with Crippen molar-refractivity contribution in [2.45, 2.75) is 6.42 Å². The van der Waals surface area contributed by atoms with Crippen LogP contribution in [-0.2, 0) is 6.42 Å². The smallest absolute Gasteiger partial charge is 0.226 e. The summed E-state index contributed by atoms with van der Waals surface area (Å²) in [5.41, 5.74) is 1.71. The van der Waals surface area contributed by atoms with Gasteiger partial charge >= 0.3 is 0 Å². The van der Waals surface area contributed by atoms with Gasteiger partial charge in [0.1, 0.15) is 18.1 Å². The molecule has 2 aromatic heterocycles. The third kappa shape index (κ3) is 3.49. The van der Waals surface area contributed by atoms with E-state index in [1.807, 2.05) is 6.07 Å². The van der Waals surface area contributed by atoms with Crippen LogP contribution in [0.5, 0.6) is 0 Å². The second-order valence-electron chi connectivity index (χ2n) is 4.69. The van der Waals surface area contributed by atoms with E-state index in [2.05, 4.69) is 20.3 Å². The van der Waals surface area contributed by atoms with Gasteiger partial charge in [-0.05, 0) is 24.3 Å². The van der Waals surface area contributed by atoms with Crippen LogP contribution in [-0.4, -0.2) is 21.5 Å². The predicted molar refractivity (Wildman–Crippen MR) is 80.8 cm³/mol. The first kappa shape index (κ1) is 14.7. The maximum Gasteiger partial charge on any atom is 0.226 e. The van der Waals surface area contributed by atoms with Crippen molar-refractivity contribution in [1.29, 1.82) is 5.26 Å². The average molecular weight is 309 g/mol. The van der Waals surface area contributed by atoms with Crippen molar-refractivity contribution < 1.29 is 8.81 Å². The molecule has 0 fully saturated rings. The molecule has 3 rings (SSSR count). The van der Waals surface area contributed by atoms with Crippen molar-refractivity contribution in [2.24, 2.45) is 0 Å². The van der Waals surface area contributed by atoms with Gasteiger partial charge in [-0.15, -0.1) is 0 Å². The van der Waals surface area contributed by atoms with Gasteiger partial charge in [-0.2, -0.15) is 5.26 Å². The summed E-state index contributed by atoms with van der Waals surface area (Å²) in [5.74, 6) is 0.580. The van der Waals surface area contributed by atoms with Crippen LogP contribution < -0.4 is 5.32 Å². The van der Waals surface area contributed by atoms with Gasteiger partial charge in [0.25, 0.3) is 0 Å². The maximum absolute atomic E-state index is 12.9. The van der Waals surface area contributed by atoms with E-state index in [1.165, 1.54) is 24.5 Å². The molecule has 0 aliphatic heterocycles. The van der Waals surface area contributed by atoms with Gasteiger partial charge in [0.05, 0.1) is 5.69 Å². The normalized spacial score (nSPS) is 10.3. The highest BCUT2D eigenvalue weighted by atomic mass is 19.1. The number of benzene rings is 1. The van der Waals surface area contributed by atoms with Crippen molar-refractivity contribution in [3.8, 4) is 17.5 Å². The van der Waals surface area contributed by atoms with Gasteiger partial charge in [-0.3, -0.25) is 0 Å². The summed E-state index contributed by atoms with van der Waals surface area (Å²) in [7, 11) is 0. The summed E-state index contributed by atoms with van der Waals surface area (Å²) >= 11 is 0. The first-order valence-electron chi connectivity index (χ1n) is 6.91. The Morgan fingerprint density at radius 1 is 1.17 bits per heavy atom. The Hall–Kier alpha value is -3.27. The Morgan fingerprint density at radius 3 is 2.74 bits per heavy atom. The number of hydrogen-bond acceptors (Lipinski definition) is 6. The highest BCUT2D eigenvalue weighted by molar-refractivity contribution is 5.52. The second-order valence-corrected chi connectivity index (χ2v) is 4.69. The first-order valence-corrected chi connectivity index (χ1v) is 6.91. The Morgan fingerprint density at radius 2 is 1.96 bits per heavy atom. The molecular weight excluding hydrogens is 297 g/mol. The third-order valence-corrected chi connectivity index (χ3v) is 3.12. The maximum atomic E-state index is 12.9. The van der Waals surface area contributed by atoms with Gasteiger partial charge in [-0.1, -0.05) is 0 Å². The molecule has 0 saturated carbocycles. The van der Waals surface area contributed by atoms with Crippen LogP contribution in [0.1, 0.15) is 11.4 Å². The molecule has 0 unspecified atom stereocenters. The van der Waals surface area contributed by atoms with Gasteiger partial charge in [0.2, 0.25) is 5.89 Å². The van der Waals surface area contributed by atoms with E-state index < -0.39 is 0 Å². The number of oxazole rings is 1. The van der Waals surface area contributed by atoms with Crippen molar-refractivity contribution >= 4 is 5.82 Å². The molecule has 0 atom stereocenters. The zero-order valence-electron chi connectivity index (χ0n) is 12.0. The van der Waals surface area contributed by atoms with Crippen LogP contribution in [0.2, 0.25) is 0 Å². The number of aromatic nitrogens is 3. The zero-order valence-corrected chi connectivity index (χ0v) is 12.0. The Labute approximate surface area is 131 Å². The number of nitriles is 1. The van der Waals surface area contributed by atoms with Crippen molar-refractivity contribution in [1.82, 2.24) is 15.0 Å². The summed E-state index contributed by atoms with van der Waals surface area (Å²) in [4.78, 5) is 12.3. The molecule has 7 heteroatoms. The molecule has 0 aliphatic rings. The molecule has 114 valence electrons. The van der Waals surface area contributed by atoms with Gasteiger partial charge in [-0.25, -0.2) is 19.3 Å². The lowest BCUT2D eigenvalue weighted by atomic mass is 10.2. The lowest BCUT2D eigenvalue weighted by Gasteiger charge is -2.04. The van der Waals surface area contributed by atoms with Crippen LogP contribution in [0, 0.1) is 17.1 Å². The number of nitrogens with one attached hydrogen (secondary N) is 1. The molecular formula is C16H12FN5O. The minimum absolute atomic E-state index is 0.250. The molecule has 0 bridgehead atoms. The van der Waals surface area contributed by atoms with Crippen LogP contribution in [0.25, 0.3) is 11.5 Å². The quantitative estimate of drug-likeness (QED) is 0.779. The minimum atomic E-state index is -0.304. The highest BCUT2D eigenvalue weighted by Gasteiger charge is 2.08. The highest BCUT2D eigenvalue weighted by Crippen LogP contribution is 2.19. The number of nitrogens with zero attached hydrogens (tertiary/aromatic N) is 4. The summed E-state index contributed by atoms with van der Waals surface area (Å²) in [6.07, 6.45) is 5.14. The standard InChI is InChI=1S/C16H12FN5O/c17-12-3-1-11(2-4-12)16-22-13(10-23-16)5-6-20-15-14(9-18)19-7-8-21-15/h1-4,7-8,10H,5-6H2,(H,20,21). The number of halogens is 1. The third-order valence-electron chi connectivity index (χ3n) is 3.12. The second kappa shape index (κ2) is 6.66. The minimum Gasteiger partial charge on any atom is -0.444 e. The molecule has 0 spiro atoms. The number of hydrogen-bond donors (Lipinski definition) is 1. The van der Waals surface area contributed by atoms with E-state index in [4.69, 9.17) is 9.68 Å². The summed E-state index contributed by atoms with van der Waals surface area (Å²) < 4.78 is 18.3. The molecule has 1 N–H and O–H groups in total. The van der Waals surface area contributed by atoms with Crippen LogP contribution in [0.15, 0.2) is 47.3 Å². The summed E-state index contributed by atoms with van der Waals surface area (Å²) in [5, 5.41) is 12.0. The van der Waals surface area contributed by atoms with Crippen LogP contribution in [0.3, 0.4) is 0 Å². The van der Waals surface area contributed by atoms with E-state index in [1.54, 1.807) is 18.4 Å². The zero-order chi connectivity index (χ0) is 16.1. The SMILES string of the molecule is N#Cc1nccnc1NCCc1coc(-c2ccc(F)cc2)n1. The fourth-order valence-corrected chi connectivity index (χ4v) is 2.01. The van der Waals surface area contributed by atoms with Gasteiger partial charge in [0, 0.05) is 30.9 Å². The van der Waals surface area contributed by atoms with Crippen molar-refractivity contribution in [3.63, 3.8) is 0 Å². The van der Waals surface area contributed by atoms with Crippen LogP contribution in [0.4, 0.5) is 10.2 Å². The fourth-order valence-electron chi connectivity index (χ4n) is 2.01. The topological polar surface area (TPSA) is 87.6 Å². The largest absolute Gasteiger partial charge is 0.444 e. The molecule has 0 aliphatic carbocycles. The monoisotopic (exact) mass is 309 g/mol. The van der Waals surface area contributed by atoms with E-state index in [0.717, 1.165) is 5.69 Å². The van der Waals surface area contributed by atoms with E-state index in [-0.39, 0.29) is 11.5 Å². The summed E-state index contributed by atoms with van der Waals surface area (Å²) in [6.45, 7) is 0.531. The van der Waals surface area contributed by atoms with Gasteiger partial charge < -0.3 is 9.73 Å². The average Bonchev–Trinajstić information content (AvgIpc) is 3.05. The number of anilines is 1. The van der Waals surface area contributed by atoms with E-state index in [9.17, 15) is 4.39 Å². The van der Waals surface area contributed by atoms with E-state index >= 15 is 0 Å². The van der Waals surface area contributed by atoms with Crippen LogP contribution >= 0.6 is 0 Å². The molecule has 23 heavy (non-hydrogen) atoms. The fraction of sp³-hybridized carbons (Fsp3) is 0.125. The molecule has 0 saturated heterocycles. The Balaban J connectivity index is 1.61. The molecule has 3 aromatic rings. The van der Waals surface area contributed by atoms with Crippen molar-refractivity contribution in [2.75, 3.05) is 11.9 Å². The Kier molecular flexibility index (Phi) is 4.25. The lowest BCUT2D eigenvalue weighted by Crippen LogP contribution is -2.08.